The Bertz CT molecular complexity index is 517. The predicted octanol–water partition coefficient (Wildman–Crippen LogP) is 0.284. The van der Waals surface area contributed by atoms with Gasteiger partial charge in [0.25, 0.3) is 5.69 Å². The van der Waals surface area contributed by atoms with E-state index < -0.39 is 17.4 Å². The molecule has 0 saturated heterocycles. The first kappa shape index (κ1) is 14.4. The van der Waals surface area contributed by atoms with Crippen molar-refractivity contribution in [3.63, 3.8) is 0 Å². The first-order chi connectivity index (χ1) is 8.93. The molecule has 102 valence electrons. The van der Waals surface area contributed by atoms with Crippen molar-refractivity contribution in [3.05, 3.63) is 28.3 Å². The number of likely N-dealkylation sites (N-methyl/N-ethyl adjacent to an activating group) is 1. The lowest BCUT2D eigenvalue weighted by Crippen LogP contribution is -2.33. The number of aliphatic carboxylic acids is 1. The molecule has 1 aromatic rings. The van der Waals surface area contributed by atoms with E-state index in [0.29, 0.717) is 0 Å². The fraction of sp³-hybridized carbons (Fsp3) is 0.300. The van der Waals surface area contributed by atoms with Crippen LogP contribution in [0, 0.1) is 10.1 Å². The molecule has 0 aromatic heterocycles. The Balaban J connectivity index is 2.92. The molecule has 19 heavy (non-hydrogen) atoms. The van der Waals surface area contributed by atoms with Gasteiger partial charge in [-0.25, -0.2) is 0 Å². The van der Waals surface area contributed by atoms with Crippen molar-refractivity contribution in [1.29, 1.82) is 0 Å². The van der Waals surface area contributed by atoms with Gasteiger partial charge in [0.1, 0.15) is 5.69 Å². The van der Waals surface area contributed by atoms with E-state index in [1.54, 1.807) is 0 Å². The van der Waals surface area contributed by atoms with E-state index in [1.165, 1.54) is 32.4 Å². The van der Waals surface area contributed by atoms with Crippen molar-refractivity contribution in [2.75, 3.05) is 20.7 Å². The number of carbonyl (C=O) groups excluding carboxylic acids is 1. The summed E-state index contributed by atoms with van der Waals surface area (Å²) in [5.74, 6) is -1.13. The number of hydrogen-bond donors (Lipinski definition) is 0. The molecule has 0 bridgehead atoms. The van der Waals surface area contributed by atoms with Gasteiger partial charge in [-0.2, -0.15) is 0 Å². The third kappa shape index (κ3) is 4.22. The number of rotatable bonds is 6. The molecule has 1 rings (SSSR count). The lowest BCUT2D eigenvalue weighted by atomic mass is 10.2. The molecule has 0 N–H and O–H groups in total. The van der Waals surface area contributed by atoms with Crippen molar-refractivity contribution in [2.45, 2.75) is 0 Å². The van der Waals surface area contributed by atoms with Gasteiger partial charge in [-0.15, -0.1) is 5.11 Å². The fourth-order valence-electron chi connectivity index (χ4n) is 1.21. The van der Waals surface area contributed by atoms with Gasteiger partial charge >= 0.3 is 0 Å². The summed E-state index contributed by atoms with van der Waals surface area (Å²) >= 11 is 0. The number of hydrogen-bond acceptors (Lipinski definition) is 7. The molecule has 0 amide bonds. The second-order valence-electron chi connectivity index (χ2n) is 3.49. The molecule has 1 aromatic carbocycles. The quantitative estimate of drug-likeness (QED) is 0.414. The van der Waals surface area contributed by atoms with Gasteiger partial charge in [0, 0.05) is 13.1 Å². The van der Waals surface area contributed by atoms with Gasteiger partial charge in [0.05, 0.1) is 30.6 Å². The second kappa shape index (κ2) is 6.28. The topological polar surface area (TPSA) is 120 Å². The van der Waals surface area contributed by atoms with Gasteiger partial charge in [0.15, 0.2) is 5.75 Å². The molecule has 0 spiro atoms. The molecule has 0 fully saturated rings. The van der Waals surface area contributed by atoms with Crippen molar-refractivity contribution in [1.82, 2.24) is 5.01 Å². The summed E-state index contributed by atoms with van der Waals surface area (Å²) in [5, 5.41) is 29.3. The van der Waals surface area contributed by atoms with Crippen LogP contribution < -0.4 is 9.84 Å². The van der Waals surface area contributed by atoms with Crippen molar-refractivity contribution in [2.24, 2.45) is 10.3 Å². The number of non-ortho nitro benzene ring substituents is 1. The zero-order valence-corrected chi connectivity index (χ0v) is 10.3. The van der Waals surface area contributed by atoms with E-state index in [-0.39, 0.29) is 17.1 Å². The maximum atomic E-state index is 10.6. The average Bonchev–Trinajstić information content (AvgIpc) is 2.35. The largest absolute Gasteiger partial charge is 0.548 e. The number of methoxy groups -OCH3 is 1. The van der Waals surface area contributed by atoms with Crippen molar-refractivity contribution < 1.29 is 19.6 Å². The molecule has 0 radical (unpaired) electrons. The lowest BCUT2D eigenvalue weighted by Gasteiger charge is -2.11. The van der Waals surface area contributed by atoms with E-state index in [2.05, 4.69) is 10.3 Å². The number of nitro groups is 1. The van der Waals surface area contributed by atoms with Crippen LogP contribution in [-0.2, 0) is 4.79 Å². The van der Waals surface area contributed by atoms with Crippen LogP contribution in [0.15, 0.2) is 28.5 Å². The Morgan fingerprint density at radius 2 is 2.21 bits per heavy atom. The summed E-state index contributed by atoms with van der Waals surface area (Å²) in [7, 11) is 2.74. The number of nitro benzene ring substituents is 1. The summed E-state index contributed by atoms with van der Waals surface area (Å²) in [4.78, 5) is 20.3. The Morgan fingerprint density at radius 3 is 2.74 bits per heavy atom. The Hall–Kier alpha value is -2.71. The molecule has 9 heteroatoms. The van der Waals surface area contributed by atoms with E-state index in [1.807, 2.05) is 0 Å². The minimum atomic E-state index is -1.29. The molecular weight excluding hydrogens is 256 g/mol. The van der Waals surface area contributed by atoms with Crippen LogP contribution in [-0.4, -0.2) is 36.6 Å². The number of ether oxygens (including phenoxy) is 1. The number of carboxylic acids is 1. The summed E-state index contributed by atoms with van der Waals surface area (Å²) < 4.78 is 4.94. The maximum absolute atomic E-state index is 10.6. The summed E-state index contributed by atoms with van der Waals surface area (Å²) in [6.45, 7) is -0.418. The highest BCUT2D eigenvalue weighted by Crippen LogP contribution is 2.31. The number of carboxylic acid groups (broad SMARTS) is 1. The third-order valence-corrected chi connectivity index (χ3v) is 2.04. The van der Waals surface area contributed by atoms with Crippen molar-refractivity contribution in [3.8, 4) is 5.75 Å². The van der Waals surface area contributed by atoms with Crippen LogP contribution in [0.5, 0.6) is 5.75 Å². The predicted molar refractivity (Wildman–Crippen MR) is 61.8 cm³/mol. The standard InChI is InChI=1S/C10H12N4O5/c1-13(6-10(15)16)12-11-8-4-3-7(14(17)18)5-9(8)19-2/h3-5H,6H2,1-2H3,(H,15,16)/p-1. The molecule has 0 unspecified atom stereocenters. The van der Waals surface area contributed by atoms with Gasteiger partial charge in [0.2, 0.25) is 0 Å². The van der Waals surface area contributed by atoms with Crippen LogP contribution in [0.3, 0.4) is 0 Å². The highest BCUT2D eigenvalue weighted by Gasteiger charge is 2.11. The molecule has 0 aliphatic rings. The Kier molecular flexibility index (Phi) is 4.75. The maximum Gasteiger partial charge on any atom is 0.273 e. The normalized spacial score (nSPS) is 10.4. The summed E-state index contributed by atoms with van der Waals surface area (Å²) in [6.07, 6.45) is 0. The molecule has 0 atom stereocenters. The highest BCUT2D eigenvalue weighted by molar-refractivity contribution is 5.66. The van der Waals surface area contributed by atoms with Crippen molar-refractivity contribution >= 4 is 17.3 Å². The monoisotopic (exact) mass is 267 g/mol. The van der Waals surface area contributed by atoms with Crippen LogP contribution in [0.2, 0.25) is 0 Å². The number of nitrogens with zero attached hydrogens (tertiary/aromatic N) is 4. The minimum absolute atomic E-state index is 0.140. The van der Waals surface area contributed by atoms with E-state index in [0.717, 1.165) is 5.01 Å². The first-order valence-corrected chi connectivity index (χ1v) is 5.09. The molecule has 0 aliphatic heterocycles. The third-order valence-electron chi connectivity index (χ3n) is 2.04. The molecule has 0 saturated carbocycles. The molecule has 0 aliphatic carbocycles. The minimum Gasteiger partial charge on any atom is -0.548 e. The first-order valence-electron chi connectivity index (χ1n) is 5.09. The zero-order chi connectivity index (χ0) is 14.4. The van der Waals surface area contributed by atoms with Gasteiger partial charge in [-0.05, 0) is 6.07 Å². The van der Waals surface area contributed by atoms with Crippen LogP contribution in [0.1, 0.15) is 0 Å². The van der Waals surface area contributed by atoms with Crippen LogP contribution in [0.25, 0.3) is 0 Å². The zero-order valence-electron chi connectivity index (χ0n) is 10.3. The molecule has 9 nitrogen and oxygen atoms in total. The number of benzene rings is 1. The smallest absolute Gasteiger partial charge is 0.273 e. The van der Waals surface area contributed by atoms with Gasteiger partial charge < -0.3 is 14.6 Å². The molecule has 0 heterocycles. The number of carbonyl (C=O) groups is 1. The fourth-order valence-corrected chi connectivity index (χ4v) is 1.21. The van der Waals surface area contributed by atoms with E-state index in [4.69, 9.17) is 4.74 Å². The average molecular weight is 267 g/mol. The van der Waals surface area contributed by atoms with Gasteiger partial charge in [-0.3, -0.25) is 15.1 Å². The summed E-state index contributed by atoms with van der Waals surface area (Å²) in [5.41, 5.74) is 0.109. The molecular formula is C10H11N4O5-. The summed E-state index contributed by atoms with van der Waals surface area (Å²) in [6, 6.07) is 3.80. The van der Waals surface area contributed by atoms with Crippen LogP contribution in [0.4, 0.5) is 11.4 Å². The SMILES string of the molecule is COc1cc([N+](=O)[O-])ccc1N=NN(C)CC(=O)[O-]. The van der Waals surface area contributed by atoms with E-state index in [9.17, 15) is 20.0 Å². The Labute approximate surface area is 108 Å². The lowest BCUT2D eigenvalue weighted by molar-refractivity contribution is -0.384. The van der Waals surface area contributed by atoms with Gasteiger partial charge in [-0.1, -0.05) is 5.22 Å². The second-order valence-corrected chi connectivity index (χ2v) is 3.49. The Morgan fingerprint density at radius 1 is 1.53 bits per heavy atom. The highest BCUT2D eigenvalue weighted by atomic mass is 16.6. The van der Waals surface area contributed by atoms with Crippen LogP contribution >= 0.6 is 0 Å². The van der Waals surface area contributed by atoms with E-state index >= 15 is 0 Å².